The lowest BCUT2D eigenvalue weighted by molar-refractivity contribution is 0.180. The first-order valence-electron chi connectivity index (χ1n) is 10.4. The number of hydrogen-bond acceptors (Lipinski definition) is 3. The number of benzene rings is 2. The van der Waals surface area contributed by atoms with Gasteiger partial charge < -0.3 is 14.4 Å². The first-order valence-corrected chi connectivity index (χ1v) is 10.4. The van der Waals surface area contributed by atoms with Gasteiger partial charge in [0.25, 0.3) is 0 Å². The zero-order chi connectivity index (χ0) is 19.6. The van der Waals surface area contributed by atoms with Crippen LogP contribution >= 0.6 is 12.4 Å². The molecule has 0 unspecified atom stereocenters. The van der Waals surface area contributed by atoms with E-state index in [1.165, 1.54) is 43.5 Å². The minimum Gasteiger partial charge on any atom is -0.497 e. The van der Waals surface area contributed by atoms with Crippen LogP contribution < -0.4 is 9.47 Å². The van der Waals surface area contributed by atoms with Gasteiger partial charge in [0.1, 0.15) is 24.8 Å². The molecule has 5 heteroatoms. The number of rotatable bonds is 10. The van der Waals surface area contributed by atoms with Crippen LogP contribution in [-0.4, -0.2) is 44.9 Å². The molecule has 1 saturated heterocycles. The third-order valence-corrected chi connectivity index (χ3v) is 5.71. The van der Waals surface area contributed by atoms with Crippen molar-refractivity contribution in [2.24, 2.45) is 5.92 Å². The Morgan fingerprint density at radius 3 is 2.41 bits per heavy atom. The smallest absolute Gasteiger partial charge is 0.123 e. The largest absolute Gasteiger partial charge is 0.497 e. The van der Waals surface area contributed by atoms with Crippen LogP contribution in [0, 0.1) is 5.92 Å². The van der Waals surface area contributed by atoms with Crippen molar-refractivity contribution in [2.75, 3.05) is 40.0 Å². The molecule has 1 heterocycles. The highest BCUT2D eigenvalue weighted by Crippen LogP contribution is 2.26. The van der Waals surface area contributed by atoms with Gasteiger partial charge in [-0.1, -0.05) is 30.3 Å². The summed E-state index contributed by atoms with van der Waals surface area (Å²) in [6.45, 7) is 3.19. The van der Waals surface area contributed by atoms with E-state index in [0.29, 0.717) is 0 Å². The summed E-state index contributed by atoms with van der Waals surface area (Å²) < 4.78 is 23.2. The van der Waals surface area contributed by atoms with Gasteiger partial charge in [-0.05, 0) is 80.4 Å². The van der Waals surface area contributed by atoms with Crippen LogP contribution in [0.2, 0.25) is 0 Å². The predicted octanol–water partition coefficient (Wildman–Crippen LogP) is 5.35. The number of alkyl halides is 1. The second-order valence-corrected chi connectivity index (χ2v) is 7.57. The highest BCUT2D eigenvalue weighted by Gasteiger charge is 2.19. The van der Waals surface area contributed by atoms with Crippen LogP contribution in [0.4, 0.5) is 4.39 Å². The Morgan fingerprint density at radius 1 is 1.00 bits per heavy atom. The summed E-state index contributed by atoms with van der Waals surface area (Å²) in [6.07, 6.45) is 5.81. The SMILES string of the molecule is COc1ccc(CCN2CCC(CCc3ccccc3OCCF)CC2)cc1.Cl. The van der Waals surface area contributed by atoms with E-state index in [1.807, 2.05) is 30.3 Å². The summed E-state index contributed by atoms with van der Waals surface area (Å²) in [5, 5.41) is 0. The minimum absolute atomic E-state index is 0. The van der Waals surface area contributed by atoms with Gasteiger partial charge in [0.15, 0.2) is 0 Å². The van der Waals surface area contributed by atoms with Crippen LogP contribution in [-0.2, 0) is 12.8 Å². The van der Waals surface area contributed by atoms with E-state index in [4.69, 9.17) is 9.47 Å². The molecule has 160 valence electrons. The van der Waals surface area contributed by atoms with Crippen molar-refractivity contribution >= 4 is 12.4 Å². The average molecular weight is 422 g/mol. The molecule has 1 aliphatic rings. The van der Waals surface area contributed by atoms with Crippen molar-refractivity contribution in [1.29, 1.82) is 0 Å². The molecule has 0 amide bonds. The monoisotopic (exact) mass is 421 g/mol. The first kappa shape index (κ1) is 23.5. The van der Waals surface area contributed by atoms with E-state index in [2.05, 4.69) is 23.1 Å². The van der Waals surface area contributed by atoms with E-state index in [9.17, 15) is 4.39 Å². The number of nitrogens with zero attached hydrogens (tertiary/aromatic N) is 1. The fraction of sp³-hybridized carbons (Fsp3) is 0.500. The number of ether oxygens (including phenoxy) is 2. The Bertz CT molecular complexity index is 702. The Labute approximate surface area is 180 Å². The Balaban J connectivity index is 0.00000300. The average Bonchev–Trinajstić information content (AvgIpc) is 2.76. The van der Waals surface area contributed by atoms with Gasteiger partial charge in [0.2, 0.25) is 0 Å². The van der Waals surface area contributed by atoms with Crippen molar-refractivity contribution in [3.05, 3.63) is 59.7 Å². The van der Waals surface area contributed by atoms with Gasteiger partial charge in [-0.2, -0.15) is 0 Å². The zero-order valence-electron chi connectivity index (χ0n) is 17.3. The van der Waals surface area contributed by atoms with E-state index in [0.717, 1.165) is 36.8 Å². The van der Waals surface area contributed by atoms with Crippen LogP contribution in [0.15, 0.2) is 48.5 Å². The molecule has 0 spiro atoms. The molecule has 0 saturated carbocycles. The minimum atomic E-state index is -0.441. The highest BCUT2D eigenvalue weighted by molar-refractivity contribution is 5.85. The molecule has 3 nitrogen and oxygen atoms in total. The van der Waals surface area contributed by atoms with Gasteiger partial charge in [0.05, 0.1) is 7.11 Å². The first-order chi connectivity index (χ1) is 13.8. The molecule has 2 aromatic rings. The molecular formula is C24H33ClFNO2. The maximum absolute atomic E-state index is 12.4. The van der Waals surface area contributed by atoms with Gasteiger partial charge in [-0.3, -0.25) is 0 Å². The predicted molar refractivity (Wildman–Crippen MR) is 119 cm³/mol. The molecular weight excluding hydrogens is 389 g/mol. The van der Waals surface area contributed by atoms with Gasteiger partial charge in [-0.15, -0.1) is 12.4 Å². The molecule has 0 radical (unpaired) electrons. The molecule has 29 heavy (non-hydrogen) atoms. The maximum atomic E-state index is 12.4. The van der Waals surface area contributed by atoms with Gasteiger partial charge in [-0.25, -0.2) is 4.39 Å². The molecule has 0 aliphatic carbocycles. The molecule has 0 bridgehead atoms. The van der Waals surface area contributed by atoms with Crippen molar-refractivity contribution in [1.82, 2.24) is 4.90 Å². The topological polar surface area (TPSA) is 21.7 Å². The number of para-hydroxylation sites is 1. The fourth-order valence-electron chi connectivity index (χ4n) is 3.94. The Hall–Kier alpha value is -1.78. The van der Waals surface area contributed by atoms with Crippen LogP contribution in [0.3, 0.4) is 0 Å². The zero-order valence-corrected chi connectivity index (χ0v) is 18.1. The number of piperidine rings is 1. The summed E-state index contributed by atoms with van der Waals surface area (Å²) >= 11 is 0. The number of likely N-dealkylation sites (tertiary alicyclic amines) is 1. The lowest BCUT2D eigenvalue weighted by Crippen LogP contribution is -2.35. The normalized spacial score (nSPS) is 15.0. The second-order valence-electron chi connectivity index (χ2n) is 7.57. The van der Waals surface area contributed by atoms with Gasteiger partial charge in [0, 0.05) is 6.54 Å². The Kier molecular flexibility index (Phi) is 10.3. The number of hydrogen-bond donors (Lipinski definition) is 0. The standard InChI is InChI=1S/C24H32FNO2.ClH/c1-27-23-10-7-20(8-11-23)12-16-26-17-13-21(14-18-26)6-9-22-4-2-3-5-24(22)28-19-15-25;/h2-5,7-8,10-11,21H,6,9,12-19H2,1H3;1H. The fourth-order valence-corrected chi connectivity index (χ4v) is 3.94. The molecule has 1 fully saturated rings. The number of methoxy groups -OCH3 is 1. The lowest BCUT2D eigenvalue weighted by atomic mass is 9.90. The second kappa shape index (κ2) is 12.7. The van der Waals surface area contributed by atoms with E-state index in [1.54, 1.807) is 7.11 Å². The van der Waals surface area contributed by atoms with Crippen molar-refractivity contribution in [3.8, 4) is 11.5 Å². The van der Waals surface area contributed by atoms with Crippen LogP contribution in [0.1, 0.15) is 30.4 Å². The molecule has 1 aliphatic heterocycles. The van der Waals surface area contributed by atoms with Crippen LogP contribution in [0.25, 0.3) is 0 Å². The molecule has 3 rings (SSSR count). The summed E-state index contributed by atoms with van der Waals surface area (Å²) in [6, 6.07) is 16.5. The third kappa shape index (κ3) is 7.52. The molecule has 0 N–H and O–H groups in total. The van der Waals surface area contributed by atoms with Crippen LogP contribution in [0.5, 0.6) is 11.5 Å². The summed E-state index contributed by atoms with van der Waals surface area (Å²) in [5.74, 6) is 2.53. The molecule has 0 atom stereocenters. The quantitative estimate of drug-likeness (QED) is 0.516. The lowest BCUT2D eigenvalue weighted by Gasteiger charge is -2.32. The van der Waals surface area contributed by atoms with E-state index in [-0.39, 0.29) is 19.0 Å². The molecule has 2 aromatic carbocycles. The number of aryl methyl sites for hydroxylation is 1. The van der Waals surface area contributed by atoms with Crippen molar-refractivity contribution in [2.45, 2.75) is 32.1 Å². The Morgan fingerprint density at radius 2 is 1.72 bits per heavy atom. The maximum Gasteiger partial charge on any atom is 0.123 e. The summed E-state index contributed by atoms with van der Waals surface area (Å²) in [4.78, 5) is 2.58. The van der Waals surface area contributed by atoms with Crippen molar-refractivity contribution < 1.29 is 13.9 Å². The van der Waals surface area contributed by atoms with E-state index >= 15 is 0 Å². The number of halogens is 2. The summed E-state index contributed by atoms with van der Waals surface area (Å²) in [7, 11) is 1.70. The van der Waals surface area contributed by atoms with E-state index < -0.39 is 6.67 Å². The van der Waals surface area contributed by atoms with Crippen molar-refractivity contribution in [3.63, 3.8) is 0 Å². The molecule has 0 aromatic heterocycles. The van der Waals surface area contributed by atoms with Gasteiger partial charge >= 0.3 is 0 Å². The summed E-state index contributed by atoms with van der Waals surface area (Å²) in [5.41, 5.74) is 2.57. The highest BCUT2D eigenvalue weighted by atomic mass is 35.5. The third-order valence-electron chi connectivity index (χ3n) is 5.71.